The van der Waals surface area contributed by atoms with Crippen LogP contribution in [0.2, 0.25) is 0 Å². The number of fused-ring (bicyclic) bond motifs is 6. The number of aromatic nitrogens is 4. The van der Waals surface area contributed by atoms with Gasteiger partial charge in [0, 0.05) is 58.3 Å². The molecule has 0 radical (unpaired) electrons. The number of hydrogen-bond acceptors (Lipinski definition) is 6. The molecule has 1 aromatic carbocycles. The molecule has 2 aliphatic rings. The number of benzene rings is 1. The summed E-state index contributed by atoms with van der Waals surface area (Å²) in [4.78, 5) is 43.0. The Hall–Kier alpha value is -4.05. The molecule has 3 aromatic rings. The summed E-state index contributed by atoms with van der Waals surface area (Å²) in [7, 11) is 1.64. The molecule has 2 amide bonds. The summed E-state index contributed by atoms with van der Waals surface area (Å²) in [6, 6.07) is 13.7. The number of carbonyl (C=O) groups is 2. The van der Waals surface area contributed by atoms with E-state index in [1.54, 1.807) is 19.3 Å². The van der Waals surface area contributed by atoms with Gasteiger partial charge in [0.25, 0.3) is 11.5 Å². The summed E-state index contributed by atoms with van der Waals surface area (Å²) >= 11 is 0. The van der Waals surface area contributed by atoms with Gasteiger partial charge in [0.15, 0.2) is 0 Å². The Morgan fingerprint density at radius 3 is 2.68 bits per heavy atom. The standard InChI is InChI=1S/C31H39N7O3/c1-22(2)11-12-24(23-8-5-4-6-9-23)17-36-18-25-16-29(39)32-13-15-35(3)30(40)27-10-7-14-37(31(27)41)19-26-20-38(34-33-26)28(25)21-36/h4-10,12,14,20,22,25,28H,11,13,15-19,21H2,1-3H3,(H,32,39)/b24-12+/t25-,28+/m0/s1. The SMILES string of the molecule is CC(C)C/C=C(\CN1C[C@@H]2CC(=O)NCCN(C)C(=O)c3cccn(c3=O)Cc3cn(nn3)[C@@H]2C1)c1ccccc1. The molecule has 0 saturated carbocycles. The first kappa shape index (κ1) is 28.5. The van der Waals surface area contributed by atoms with Crippen molar-refractivity contribution in [3.05, 3.63) is 88.1 Å². The second kappa shape index (κ2) is 12.6. The van der Waals surface area contributed by atoms with Crippen LogP contribution >= 0.6 is 0 Å². The van der Waals surface area contributed by atoms with Crippen LogP contribution in [0.1, 0.15) is 54.3 Å². The summed E-state index contributed by atoms with van der Waals surface area (Å²) in [6.07, 6.45) is 7.22. The Morgan fingerprint density at radius 1 is 1.10 bits per heavy atom. The Balaban J connectivity index is 1.42. The fourth-order valence-corrected chi connectivity index (χ4v) is 5.64. The lowest BCUT2D eigenvalue weighted by molar-refractivity contribution is -0.122. The zero-order valence-corrected chi connectivity index (χ0v) is 24.1. The van der Waals surface area contributed by atoms with Crippen molar-refractivity contribution in [3.63, 3.8) is 0 Å². The van der Waals surface area contributed by atoms with Gasteiger partial charge in [-0.15, -0.1) is 5.10 Å². The molecular weight excluding hydrogens is 518 g/mol. The van der Waals surface area contributed by atoms with Crippen LogP contribution in [0.15, 0.2) is 65.7 Å². The quantitative estimate of drug-likeness (QED) is 0.517. The van der Waals surface area contributed by atoms with Gasteiger partial charge in [-0.05, 0) is 35.6 Å². The van der Waals surface area contributed by atoms with Crippen molar-refractivity contribution in [2.75, 3.05) is 39.8 Å². The van der Waals surface area contributed by atoms with E-state index in [1.807, 2.05) is 16.9 Å². The molecule has 0 unspecified atom stereocenters. The molecule has 4 heterocycles. The minimum Gasteiger partial charge on any atom is -0.354 e. The fraction of sp³-hybridized carbons (Fsp3) is 0.452. The topological polar surface area (TPSA) is 105 Å². The van der Waals surface area contributed by atoms with E-state index >= 15 is 0 Å². The Bertz CT molecular complexity index is 1460. The van der Waals surface area contributed by atoms with E-state index in [-0.39, 0.29) is 41.4 Å². The number of carbonyl (C=O) groups excluding carboxylic acids is 2. The number of likely N-dealkylation sites (N-methyl/N-ethyl adjacent to an activating group) is 1. The number of hydrogen-bond donors (Lipinski definition) is 1. The van der Waals surface area contributed by atoms with Crippen LogP contribution in [-0.2, 0) is 11.3 Å². The number of pyridine rings is 1. The van der Waals surface area contributed by atoms with E-state index < -0.39 is 0 Å². The van der Waals surface area contributed by atoms with Crippen molar-refractivity contribution in [3.8, 4) is 0 Å². The van der Waals surface area contributed by atoms with Gasteiger partial charge in [-0.1, -0.05) is 55.5 Å². The highest BCUT2D eigenvalue weighted by molar-refractivity contribution is 5.93. The maximum atomic E-state index is 13.1. The van der Waals surface area contributed by atoms with Gasteiger partial charge in [0.2, 0.25) is 5.91 Å². The third-order valence-electron chi connectivity index (χ3n) is 7.90. The van der Waals surface area contributed by atoms with E-state index in [0.717, 1.165) is 26.1 Å². The lowest BCUT2D eigenvalue weighted by atomic mass is 9.99. The Kier molecular flexibility index (Phi) is 8.78. The largest absolute Gasteiger partial charge is 0.354 e. The molecule has 41 heavy (non-hydrogen) atoms. The van der Waals surface area contributed by atoms with E-state index in [4.69, 9.17) is 0 Å². The molecule has 1 fully saturated rings. The molecule has 2 atom stereocenters. The first-order chi connectivity index (χ1) is 19.8. The van der Waals surface area contributed by atoms with Crippen LogP contribution in [0.25, 0.3) is 5.57 Å². The highest BCUT2D eigenvalue weighted by Crippen LogP contribution is 2.32. The van der Waals surface area contributed by atoms with Crippen LogP contribution in [-0.4, -0.2) is 80.9 Å². The molecular formula is C31H39N7O3. The van der Waals surface area contributed by atoms with Crippen molar-refractivity contribution >= 4 is 17.4 Å². The van der Waals surface area contributed by atoms with E-state index in [1.165, 1.54) is 26.7 Å². The van der Waals surface area contributed by atoms with Gasteiger partial charge in [0.1, 0.15) is 11.3 Å². The third-order valence-corrected chi connectivity index (χ3v) is 7.90. The molecule has 216 valence electrons. The van der Waals surface area contributed by atoms with Gasteiger partial charge in [-0.2, -0.15) is 0 Å². The van der Waals surface area contributed by atoms with Gasteiger partial charge in [0.05, 0.1) is 18.8 Å². The van der Waals surface area contributed by atoms with Crippen molar-refractivity contribution < 1.29 is 9.59 Å². The molecule has 2 aliphatic heterocycles. The number of amides is 2. The lowest BCUT2D eigenvalue weighted by Crippen LogP contribution is -2.39. The molecule has 4 bridgehead atoms. The van der Waals surface area contributed by atoms with Crippen LogP contribution in [0, 0.1) is 11.8 Å². The van der Waals surface area contributed by atoms with Crippen LogP contribution in [0.3, 0.4) is 0 Å². The average molecular weight is 558 g/mol. The predicted molar refractivity (Wildman–Crippen MR) is 157 cm³/mol. The van der Waals surface area contributed by atoms with Crippen LogP contribution < -0.4 is 10.9 Å². The highest BCUT2D eigenvalue weighted by atomic mass is 16.2. The average Bonchev–Trinajstić information content (AvgIpc) is 3.58. The first-order valence-corrected chi connectivity index (χ1v) is 14.4. The van der Waals surface area contributed by atoms with Gasteiger partial charge >= 0.3 is 0 Å². The summed E-state index contributed by atoms with van der Waals surface area (Å²) < 4.78 is 3.35. The van der Waals surface area contributed by atoms with E-state index in [0.29, 0.717) is 31.1 Å². The third kappa shape index (κ3) is 6.82. The molecule has 5 rings (SSSR count). The summed E-state index contributed by atoms with van der Waals surface area (Å²) in [6.45, 7) is 7.54. The van der Waals surface area contributed by atoms with Crippen molar-refractivity contribution in [1.82, 2.24) is 34.7 Å². The zero-order valence-electron chi connectivity index (χ0n) is 24.1. The number of likely N-dealkylation sites (tertiary alicyclic amines) is 1. The monoisotopic (exact) mass is 557 g/mol. The van der Waals surface area contributed by atoms with Crippen LogP contribution in [0.4, 0.5) is 0 Å². The van der Waals surface area contributed by atoms with Gasteiger partial charge in [-0.3, -0.25) is 19.3 Å². The molecule has 0 spiro atoms. The summed E-state index contributed by atoms with van der Waals surface area (Å²) in [5.41, 5.74) is 2.84. The number of nitrogens with one attached hydrogen (secondary N) is 1. The van der Waals surface area contributed by atoms with Gasteiger partial charge < -0.3 is 14.8 Å². The Labute approximate surface area is 240 Å². The number of allylic oxidation sites excluding steroid dienone is 1. The van der Waals surface area contributed by atoms with Crippen molar-refractivity contribution in [2.45, 2.75) is 39.3 Å². The second-order valence-electron chi connectivity index (χ2n) is 11.6. The predicted octanol–water partition coefficient (Wildman–Crippen LogP) is 2.68. The normalized spacial score (nSPS) is 20.8. The summed E-state index contributed by atoms with van der Waals surface area (Å²) in [5.74, 6) is 0.157. The molecule has 0 aliphatic carbocycles. The first-order valence-electron chi connectivity index (χ1n) is 14.4. The molecule has 10 nitrogen and oxygen atoms in total. The van der Waals surface area contributed by atoms with Gasteiger partial charge in [-0.25, -0.2) is 4.68 Å². The fourth-order valence-electron chi connectivity index (χ4n) is 5.64. The van der Waals surface area contributed by atoms with E-state index in [2.05, 4.69) is 64.7 Å². The maximum absolute atomic E-state index is 13.1. The number of rotatable bonds is 5. The zero-order chi connectivity index (χ0) is 28.9. The smallest absolute Gasteiger partial charge is 0.263 e. The number of nitrogens with zero attached hydrogens (tertiary/aromatic N) is 6. The Morgan fingerprint density at radius 2 is 1.90 bits per heavy atom. The van der Waals surface area contributed by atoms with Crippen molar-refractivity contribution in [2.24, 2.45) is 11.8 Å². The molecule has 10 heteroatoms. The molecule has 1 N–H and O–H groups in total. The van der Waals surface area contributed by atoms with Crippen molar-refractivity contribution in [1.29, 1.82) is 0 Å². The van der Waals surface area contributed by atoms with E-state index in [9.17, 15) is 14.4 Å². The molecule has 2 aromatic heterocycles. The van der Waals surface area contributed by atoms with Crippen LogP contribution in [0.5, 0.6) is 0 Å². The lowest BCUT2D eigenvalue weighted by Gasteiger charge is -2.20. The minimum absolute atomic E-state index is 0.0324. The molecule has 1 saturated heterocycles. The maximum Gasteiger partial charge on any atom is 0.263 e. The summed E-state index contributed by atoms with van der Waals surface area (Å²) in [5, 5.41) is 11.8. The highest BCUT2D eigenvalue weighted by Gasteiger charge is 2.36. The second-order valence-corrected chi connectivity index (χ2v) is 11.6. The minimum atomic E-state index is -0.374.